The van der Waals surface area contributed by atoms with Crippen LogP contribution in [-0.2, 0) is 0 Å². The van der Waals surface area contributed by atoms with Gasteiger partial charge in [0.2, 0.25) is 0 Å². The van der Waals surface area contributed by atoms with Crippen LogP contribution >= 0.6 is 0 Å². The third-order valence-electron chi connectivity index (χ3n) is 3.49. The molecule has 0 aromatic carbocycles. The number of rotatable bonds is 3. The third-order valence-corrected chi connectivity index (χ3v) is 3.49. The first-order valence-electron chi connectivity index (χ1n) is 5.75. The van der Waals surface area contributed by atoms with Gasteiger partial charge in [0.25, 0.3) is 0 Å². The van der Waals surface area contributed by atoms with E-state index in [2.05, 4.69) is 22.1 Å². The molecule has 2 heteroatoms. The normalized spacial score (nSPS) is 35.1. The molecule has 0 saturated carbocycles. The van der Waals surface area contributed by atoms with E-state index in [-0.39, 0.29) is 0 Å². The summed E-state index contributed by atoms with van der Waals surface area (Å²) in [7, 11) is 0. The van der Waals surface area contributed by atoms with Crippen molar-refractivity contribution in [3.63, 3.8) is 0 Å². The van der Waals surface area contributed by atoms with E-state index in [1.54, 1.807) is 0 Å². The fourth-order valence-electron chi connectivity index (χ4n) is 2.64. The summed E-state index contributed by atoms with van der Waals surface area (Å²) in [5, 5.41) is 3.64. The summed E-state index contributed by atoms with van der Waals surface area (Å²) in [6, 6.07) is 0.746. The van der Waals surface area contributed by atoms with Crippen LogP contribution < -0.4 is 5.32 Å². The molecule has 1 atom stereocenters. The van der Waals surface area contributed by atoms with Gasteiger partial charge in [-0.25, -0.2) is 0 Å². The number of hydrogen-bond donors (Lipinski definition) is 1. The lowest BCUT2D eigenvalue weighted by atomic mass is 9.84. The minimum absolute atomic E-state index is 0.746. The Morgan fingerprint density at radius 2 is 2.14 bits per heavy atom. The molecule has 1 unspecified atom stereocenters. The zero-order valence-corrected chi connectivity index (χ0v) is 9.05. The summed E-state index contributed by atoms with van der Waals surface area (Å²) < 4.78 is 0. The van der Waals surface area contributed by atoms with Gasteiger partial charge in [-0.15, -0.1) is 11.8 Å². The fraction of sp³-hybridized carbons (Fsp3) is 0.833. The largest absolute Gasteiger partial charge is 0.311 e. The van der Waals surface area contributed by atoms with Crippen molar-refractivity contribution in [3.8, 4) is 11.8 Å². The zero-order chi connectivity index (χ0) is 9.80. The van der Waals surface area contributed by atoms with Gasteiger partial charge in [-0.1, -0.05) is 0 Å². The highest BCUT2D eigenvalue weighted by atomic mass is 15.2. The first-order valence-corrected chi connectivity index (χ1v) is 5.75. The van der Waals surface area contributed by atoms with Crippen LogP contribution in [0.3, 0.4) is 0 Å². The van der Waals surface area contributed by atoms with Crippen LogP contribution in [-0.4, -0.2) is 37.1 Å². The highest BCUT2D eigenvalue weighted by Gasteiger charge is 2.33. The maximum absolute atomic E-state index is 3.64. The predicted molar refractivity (Wildman–Crippen MR) is 59.0 cm³/mol. The van der Waals surface area contributed by atoms with E-state index in [0.717, 1.165) is 24.9 Å². The molecule has 0 aliphatic carbocycles. The number of nitrogens with one attached hydrogen (secondary N) is 1. The van der Waals surface area contributed by atoms with Crippen molar-refractivity contribution >= 4 is 0 Å². The standard InChI is InChI=1S/C12H20N2/c1-2-3-4-7-13-12-10-14-8-5-11(12)6-9-14/h11-13H,4-10H2,1H3. The van der Waals surface area contributed by atoms with E-state index in [9.17, 15) is 0 Å². The maximum Gasteiger partial charge on any atom is 0.0224 e. The van der Waals surface area contributed by atoms with E-state index < -0.39 is 0 Å². The van der Waals surface area contributed by atoms with Crippen LogP contribution in [0.5, 0.6) is 0 Å². The van der Waals surface area contributed by atoms with Gasteiger partial charge in [0.15, 0.2) is 0 Å². The average Bonchev–Trinajstić information content (AvgIpc) is 2.26. The molecule has 3 aliphatic heterocycles. The summed E-state index contributed by atoms with van der Waals surface area (Å²) >= 11 is 0. The molecule has 3 aliphatic rings. The second kappa shape index (κ2) is 4.82. The third kappa shape index (κ3) is 2.29. The van der Waals surface area contributed by atoms with Crippen LogP contribution in [0.4, 0.5) is 0 Å². The monoisotopic (exact) mass is 192 g/mol. The average molecular weight is 192 g/mol. The van der Waals surface area contributed by atoms with Crippen molar-refractivity contribution in [1.82, 2.24) is 10.2 Å². The molecule has 3 rings (SSSR count). The smallest absolute Gasteiger partial charge is 0.0224 e. The van der Waals surface area contributed by atoms with Crippen molar-refractivity contribution in [3.05, 3.63) is 0 Å². The Balaban J connectivity index is 1.72. The fourth-order valence-corrected chi connectivity index (χ4v) is 2.64. The van der Waals surface area contributed by atoms with E-state index in [4.69, 9.17) is 0 Å². The zero-order valence-electron chi connectivity index (χ0n) is 9.05. The molecule has 3 heterocycles. The van der Waals surface area contributed by atoms with Gasteiger partial charge in [0.05, 0.1) is 0 Å². The van der Waals surface area contributed by atoms with E-state index >= 15 is 0 Å². The summed E-state index contributed by atoms with van der Waals surface area (Å²) in [6.45, 7) is 6.91. The second-order valence-electron chi connectivity index (χ2n) is 4.38. The summed E-state index contributed by atoms with van der Waals surface area (Å²) in [5.41, 5.74) is 0. The molecule has 0 radical (unpaired) electrons. The highest BCUT2D eigenvalue weighted by molar-refractivity contribution is 4.96. The Morgan fingerprint density at radius 3 is 2.71 bits per heavy atom. The lowest BCUT2D eigenvalue weighted by molar-refractivity contribution is 0.0733. The van der Waals surface area contributed by atoms with Gasteiger partial charge in [-0.2, -0.15) is 0 Å². The number of piperidine rings is 3. The Hall–Kier alpha value is -0.520. The van der Waals surface area contributed by atoms with Crippen molar-refractivity contribution in [2.75, 3.05) is 26.2 Å². The van der Waals surface area contributed by atoms with Gasteiger partial charge < -0.3 is 10.2 Å². The molecule has 0 amide bonds. The quantitative estimate of drug-likeness (QED) is 0.532. The van der Waals surface area contributed by atoms with Crippen molar-refractivity contribution in [2.45, 2.75) is 32.2 Å². The van der Waals surface area contributed by atoms with Gasteiger partial charge >= 0.3 is 0 Å². The summed E-state index contributed by atoms with van der Waals surface area (Å²) in [6.07, 6.45) is 3.80. The molecule has 14 heavy (non-hydrogen) atoms. The Bertz CT molecular complexity index is 230. The SMILES string of the molecule is CC#CCCNC1CN2CCC1CC2. The van der Waals surface area contributed by atoms with Gasteiger partial charge in [-0.3, -0.25) is 0 Å². The van der Waals surface area contributed by atoms with Gasteiger partial charge in [-0.05, 0) is 38.8 Å². The first-order chi connectivity index (χ1) is 6.90. The van der Waals surface area contributed by atoms with Crippen LogP contribution in [0.2, 0.25) is 0 Å². The van der Waals surface area contributed by atoms with Crippen molar-refractivity contribution in [1.29, 1.82) is 0 Å². The first kappa shape index (κ1) is 10.0. The van der Waals surface area contributed by atoms with Gasteiger partial charge in [0, 0.05) is 25.6 Å². The maximum atomic E-state index is 3.64. The molecule has 1 N–H and O–H groups in total. The van der Waals surface area contributed by atoms with Crippen LogP contribution in [0.1, 0.15) is 26.2 Å². The molecule has 0 aromatic heterocycles. The second-order valence-corrected chi connectivity index (χ2v) is 4.38. The summed E-state index contributed by atoms with van der Waals surface area (Å²) in [4.78, 5) is 2.59. The van der Waals surface area contributed by atoms with Crippen molar-refractivity contribution < 1.29 is 0 Å². The minimum Gasteiger partial charge on any atom is -0.311 e. The topological polar surface area (TPSA) is 15.3 Å². The minimum atomic E-state index is 0.746. The Morgan fingerprint density at radius 1 is 1.36 bits per heavy atom. The van der Waals surface area contributed by atoms with Crippen LogP contribution in [0.25, 0.3) is 0 Å². The molecular formula is C12H20N2. The van der Waals surface area contributed by atoms with Gasteiger partial charge in [0.1, 0.15) is 0 Å². The molecule has 3 saturated heterocycles. The number of fused-ring (bicyclic) bond motifs is 3. The Kier molecular flexibility index (Phi) is 3.44. The van der Waals surface area contributed by atoms with E-state index in [1.807, 2.05) is 6.92 Å². The van der Waals surface area contributed by atoms with Crippen LogP contribution in [0, 0.1) is 17.8 Å². The van der Waals surface area contributed by atoms with E-state index in [1.165, 1.54) is 32.5 Å². The molecule has 0 spiro atoms. The van der Waals surface area contributed by atoms with E-state index in [0.29, 0.717) is 0 Å². The lowest BCUT2D eigenvalue weighted by Crippen LogP contribution is -2.56. The number of hydrogen-bond acceptors (Lipinski definition) is 2. The molecule has 2 bridgehead atoms. The summed E-state index contributed by atoms with van der Waals surface area (Å²) in [5.74, 6) is 6.98. The van der Waals surface area contributed by atoms with Crippen LogP contribution in [0.15, 0.2) is 0 Å². The lowest BCUT2D eigenvalue weighted by Gasteiger charge is -2.45. The molecule has 0 aromatic rings. The molecular weight excluding hydrogens is 172 g/mol. The molecule has 3 fully saturated rings. The molecule has 2 nitrogen and oxygen atoms in total. The van der Waals surface area contributed by atoms with Crippen molar-refractivity contribution in [2.24, 2.45) is 5.92 Å². The number of nitrogens with zero attached hydrogens (tertiary/aromatic N) is 1. The molecule has 78 valence electrons. The highest BCUT2D eigenvalue weighted by Crippen LogP contribution is 2.27. The Labute approximate surface area is 87.1 Å². The predicted octanol–water partition coefficient (Wildman–Crippen LogP) is 1.08.